The van der Waals surface area contributed by atoms with Crippen molar-refractivity contribution in [3.05, 3.63) is 29.3 Å². The molecule has 0 aliphatic carbocycles. The van der Waals surface area contributed by atoms with Crippen molar-refractivity contribution in [2.24, 2.45) is 0 Å². The van der Waals surface area contributed by atoms with Crippen molar-refractivity contribution < 1.29 is 21.9 Å². The van der Waals surface area contributed by atoms with Crippen molar-refractivity contribution in [3.63, 3.8) is 0 Å². The maximum Gasteiger partial charge on any atom is 0.236 e. The molecule has 0 amide bonds. The average Bonchev–Trinajstić information content (AvgIpc) is 2.10. The summed E-state index contributed by atoms with van der Waals surface area (Å²) in [6, 6.07) is 1.90. The normalized spacial score (nSPS) is 11.5. The molecule has 0 atom stereocenters. The van der Waals surface area contributed by atoms with Crippen LogP contribution in [0.4, 0.5) is 8.78 Å². The zero-order valence-corrected chi connectivity index (χ0v) is 9.20. The molecule has 0 radical (unpaired) electrons. The highest BCUT2D eigenvalue weighted by Gasteiger charge is 2.16. The van der Waals surface area contributed by atoms with E-state index in [2.05, 4.69) is 4.74 Å². The van der Waals surface area contributed by atoms with E-state index in [-0.39, 0.29) is 11.3 Å². The van der Waals surface area contributed by atoms with Gasteiger partial charge in [0.15, 0.2) is 11.6 Å². The highest BCUT2D eigenvalue weighted by molar-refractivity contribution is 8.13. The van der Waals surface area contributed by atoms with Gasteiger partial charge in [0.25, 0.3) is 0 Å². The molecule has 0 saturated carbocycles. The van der Waals surface area contributed by atoms with E-state index in [9.17, 15) is 17.2 Å². The van der Waals surface area contributed by atoms with Crippen molar-refractivity contribution in [2.75, 3.05) is 7.11 Å². The second-order valence-electron chi connectivity index (χ2n) is 2.77. The summed E-state index contributed by atoms with van der Waals surface area (Å²) in [4.78, 5) is 0. The molecule has 84 valence electrons. The highest BCUT2D eigenvalue weighted by Crippen LogP contribution is 2.22. The topological polar surface area (TPSA) is 43.4 Å². The van der Waals surface area contributed by atoms with Crippen LogP contribution >= 0.6 is 10.7 Å². The van der Waals surface area contributed by atoms with Gasteiger partial charge in [0.1, 0.15) is 5.75 Å². The predicted molar refractivity (Wildman–Crippen MR) is 51.4 cm³/mol. The van der Waals surface area contributed by atoms with E-state index in [4.69, 9.17) is 10.7 Å². The third-order valence-electron chi connectivity index (χ3n) is 1.64. The second-order valence-corrected chi connectivity index (χ2v) is 5.54. The number of benzene rings is 1. The molecule has 0 aliphatic heterocycles. The first-order chi connectivity index (χ1) is 6.83. The quantitative estimate of drug-likeness (QED) is 0.778. The summed E-state index contributed by atoms with van der Waals surface area (Å²) in [6.07, 6.45) is 0. The molecule has 15 heavy (non-hydrogen) atoms. The lowest BCUT2D eigenvalue weighted by atomic mass is 10.2. The van der Waals surface area contributed by atoms with Crippen LogP contribution in [-0.4, -0.2) is 15.5 Å². The van der Waals surface area contributed by atoms with Crippen LogP contribution in [0.2, 0.25) is 0 Å². The lowest BCUT2D eigenvalue weighted by Crippen LogP contribution is -2.01. The molecule has 0 unspecified atom stereocenters. The Labute approximate surface area is 90.0 Å². The first kappa shape index (κ1) is 12.2. The first-order valence-corrected chi connectivity index (χ1v) is 6.25. The SMILES string of the molecule is COc1cc(F)c(F)c(CS(=O)(=O)Cl)c1. The van der Waals surface area contributed by atoms with Gasteiger partial charge in [-0.1, -0.05) is 0 Å². The Morgan fingerprint density at radius 1 is 1.40 bits per heavy atom. The smallest absolute Gasteiger partial charge is 0.236 e. The molecule has 7 heteroatoms. The molecule has 1 aromatic carbocycles. The summed E-state index contributed by atoms with van der Waals surface area (Å²) in [5, 5.41) is 0. The van der Waals surface area contributed by atoms with Crippen molar-refractivity contribution >= 4 is 19.7 Å². The molecule has 1 rings (SSSR count). The minimum absolute atomic E-state index is 0.0317. The summed E-state index contributed by atoms with van der Waals surface area (Å²) >= 11 is 0. The first-order valence-electron chi connectivity index (χ1n) is 3.77. The van der Waals surface area contributed by atoms with Gasteiger partial charge < -0.3 is 4.74 Å². The lowest BCUT2D eigenvalue weighted by Gasteiger charge is -2.05. The molecule has 0 aliphatic rings. The Morgan fingerprint density at radius 2 is 2.00 bits per heavy atom. The average molecular weight is 257 g/mol. The van der Waals surface area contributed by atoms with Crippen LogP contribution < -0.4 is 4.74 Å². The largest absolute Gasteiger partial charge is 0.497 e. The molecule has 0 saturated heterocycles. The van der Waals surface area contributed by atoms with Crippen LogP contribution in [0.15, 0.2) is 12.1 Å². The minimum Gasteiger partial charge on any atom is -0.497 e. The molecule has 0 spiro atoms. The van der Waals surface area contributed by atoms with Gasteiger partial charge in [-0.2, -0.15) is 0 Å². The van der Waals surface area contributed by atoms with Crippen LogP contribution in [0.3, 0.4) is 0 Å². The van der Waals surface area contributed by atoms with Crippen molar-refractivity contribution in [1.82, 2.24) is 0 Å². The number of ether oxygens (including phenoxy) is 1. The van der Waals surface area contributed by atoms with E-state index in [1.807, 2.05) is 0 Å². The molecule has 0 N–H and O–H groups in total. The number of hydrogen-bond donors (Lipinski definition) is 0. The Hall–Kier alpha value is -0.880. The summed E-state index contributed by atoms with van der Waals surface area (Å²) in [6.45, 7) is 0. The maximum absolute atomic E-state index is 13.1. The monoisotopic (exact) mass is 256 g/mol. The van der Waals surface area contributed by atoms with Gasteiger partial charge in [0, 0.05) is 22.3 Å². The maximum atomic E-state index is 13.1. The van der Waals surface area contributed by atoms with Gasteiger partial charge >= 0.3 is 0 Å². The molecular weight excluding hydrogens is 250 g/mol. The Bertz CT molecular complexity index is 473. The van der Waals surface area contributed by atoms with Gasteiger partial charge in [0.05, 0.1) is 12.9 Å². The lowest BCUT2D eigenvalue weighted by molar-refractivity contribution is 0.405. The summed E-state index contributed by atoms with van der Waals surface area (Å²) in [5.41, 5.74) is -0.359. The van der Waals surface area contributed by atoms with Gasteiger partial charge in [-0.3, -0.25) is 0 Å². The zero-order chi connectivity index (χ0) is 11.6. The van der Waals surface area contributed by atoms with Crippen molar-refractivity contribution in [1.29, 1.82) is 0 Å². The Balaban J connectivity index is 3.22. The highest BCUT2D eigenvalue weighted by atomic mass is 35.7. The number of methoxy groups -OCH3 is 1. The third-order valence-corrected chi connectivity index (χ3v) is 2.62. The van der Waals surface area contributed by atoms with Crippen LogP contribution in [0.25, 0.3) is 0 Å². The van der Waals surface area contributed by atoms with Gasteiger partial charge in [-0.15, -0.1) is 0 Å². The summed E-state index contributed by atoms with van der Waals surface area (Å²) in [7, 11) is 2.25. The fourth-order valence-electron chi connectivity index (χ4n) is 1.03. The zero-order valence-electron chi connectivity index (χ0n) is 7.63. The number of halogens is 3. The van der Waals surface area contributed by atoms with E-state index in [1.165, 1.54) is 7.11 Å². The molecular formula is C8H7ClF2O3S. The third kappa shape index (κ3) is 3.32. The number of hydrogen-bond acceptors (Lipinski definition) is 3. The standard InChI is InChI=1S/C8H7ClF2O3S/c1-14-6-2-5(4-15(9,12)13)8(11)7(10)3-6/h2-3H,4H2,1H3. The minimum atomic E-state index is -3.93. The van der Waals surface area contributed by atoms with Crippen molar-refractivity contribution in [3.8, 4) is 5.75 Å². The molecule has 0 bridgehead atoms. The molecule has 0 heterocycles. The summed E-state index contributed by atoms with van der Waals surface area (Å²) in [5.74, 6) is -3.16. The van der Waals surface area contributed by atoms with Crippen LogP contribution in [0.5, 0.6) is 5.75 Å². The van der Waals surface area contributed by atoms with Crippen molar-refractivity contribution in [2.45, 2.75) is 5.75 Å². The second kappa shape index (κ2) is 4.32. The van der Waals surface area contributed by atoms with Crippen LogP contribution in [0.1, 0.15) is 5.56 Å². The fourth-order valence-corrected chi connectivity index (χ4v) is 1.96. The van der Waals surface area contributed by atoms with Gasteiger partial charge in [-0.25, -0.2) is 17.2 Å². The molecule has 0 fully saturated rings. The predicted octanol–water partition coefficient (Wildman–Crippen LogP) is 2.04. The number of rotatable bonds is 3. The van der Waals surface area contributed by atoms with E-state index in [0.717, 1.165) is 12.1 Å². The fraction of sp³-hybridized carbons (Fsp3) is 0.250. The van der Waals surface area contributed by atoms with E-state index in [1.54, 1.807) is 0 Å². The Kier molecular flexibility index (Phi) is 3.51. The molecule has 0 aromatic heterocycles. The Morgan fingerprint density at radius 3 is 2.47 bits per heavy atom. The van der Waals surface area contributed by atoms with Crippen LogP contribution in [-0.2, 0) is 14.8 Å². The summed E-state index contributed by atoms with van der Waals surface area (Å²) < 4.78 is 52.1. The van der Waals surface area contributed by atoms with E-state index in [0.29, 0.717) is 0 Å². The van der Waals surface area contributed by atoms with Gasteiger partial charge in [-0.05, 0) is 6.07 Å². The molecule has 1 aromatic rings. The molecule has 3 nitrogen and oxygen atoms in total. The van der Waals surface area contributed by atoms with Crippen LogP contribution in [0, 0.1) is 11.6 Å². The van der Waals surface area contributed by atoms with E-state index >= 15 is 0 Å². The van der Waals surface area contributed by atoms with E-state index < -0.39 is 26.4 Å². The van der Waals surface area contributed by atoms with Gasteiger partial charge in [0.2, 0.25) is 9.05 Å².